The molecule has 3 nitrogen and oxygen atoms in total. The van der Waals surface area contributed by atoms with Crippen molar-refractivity contribution in [3.8, 4) is 5.75 Å². The molecule has 0 aliphatic heterocycles. The zero-order valence-corrected chi connectivity index (χ0v) is 13.6. The zero-order chi connectivity index (χ0) is 16.8. The van der Waals surface area contributed by atoms with Gasteiger partial charge in [0, 0.05) is 11.4 Å². The zero-order valence-electron chi connectivity index (χ0n) is 13.6. The van der Waals surface area contributed by atoms with Crippen molar-refractivity contribution in [2.45, 2.75) is 6.42 Å². The van der Waals surface area contributed by atoms with E-state index in [1.165, 1.54) is 0 Å². The molecule has 0 bridgehead atoms. The first-order chi connectivity index (χ1) is 11.8. The van der Waals surface area contributed by atoms with Crippen molar-refractivity contribution < 1.29 is 9.53 Å². The van der Waals surface area contributed by atoms with Crippen LogP contribution < -0.4 is 9.64 Å². The summed E-state index contributed by atoms with van der Waals surface area (Å²) in [6.07, 6.45) is 0.349. The van der Waals surface area contributed by atoms with Crippen LogP contribution >= 0.6 is 0 Å². The molecule has 0 aliphatic rings. The summed E-state index contributed by atoms with van der Waals surface area (Å²) in [6.45, 7) is 0. The van der Waals surface area contributed by atoms with Crippen LogP contribution in [0.25, 0.3) is 0 Å². The molecule has 3 aromatic carbocycles. The molecule has 0 atom stereocenters. The Morgan fingerprint density at radius 1 is 0.792 bits per heavy atom. The van der Waals surface area contributed by atoms with Gasteiger partial charge < -0.3 is 4.74 Å². The highest BCUT2D eigenvalue weighted by Crippen LogP contribution is 2.28. The van der Waals surface area contributed by atoms with Gasteiger partial charge in [-0.3, -0.25) is 9.69 Å². The van der Waals surface area contributed by atoms with Gasteiger partial charge in [0.25, 0.3) is 0 Å². The van der Waals surface area contributed by atoms with Crippen molar-refractivity contribution >= 4 is 17.3 Å². The second kappa shape index (κ2) is 7.47. The third kappa shape index (κ3) is 3.63. The number of benzene rings is 3. The number of amides is 1. The summed E-state index contributed by atoms with van der Waals surface area (Å²) in [5.74, 6) is 0.792. The van der Waals surface area contributed by atoms with Gasteiger partial charge in [-0.15, -0.1) is 0 Å². The topological polar surface area (TPSA) is 29.5 Å². The Bertz CT molecular complexity index is 783. The van der Waals surface area contributed by atoms with Crippen molar-refractivity contribution in [2.75, 3.05) is 12.0 Å². The summed E-state index contributed by atoms with van der Waals surface area (Å²) in [4.78, 5) is 14.7. The van der Waals surface area contributed by atoms with Crippen molar-refractivity contribution in [2.24, 2.45) is 0 Å². The lowest BCUT2D eigenvalue weighted by Gasteiger charge is -2.23. The molecule has 3 heteroatoms. The van der Waals surface area contributed by atoms with E-state index < -0.39 is 0 Å². The van der Waals surface area contributed by atoms with Gasteiger partial charge >= 0.3 is 0 Å². The molecule has 0 fully saturated rings. The Labute approximate surface area is 142 Å². The van der Waals surface area contributed by atoms with Crippen molar-refractivity contribution in [1.29, 1.82) is 0 Å². The third-order valence-corrected chi connectivity index (χ3v) is 3.79. The average Bonchev–Trinajstić information content (AvgIpc) is 2.64. The molecule has 0 unspecified atom stereocenters. The van der Waals surface area contributed by atoms with Gasteiger partial charge in [0.05, 0.1) is 13.5 Å². The minimum absolute atomic E-state index is 0.0255. The van der Waals surface area contributed by atoms with Crippen molar-refractivity contribution in [3.05, 3.63) is 90.5 Å². The number of carbonyl (C=O) groups is 1. The maximum absolute atomic E-state index is 13.0. The molecule has 0 aliphatic carbocycles. The van der Waals surface area contributed by atoms with Gasteiger partial charge in [-0.1, -0.05) is 48.5 Å². The van der Waals surface area contributed by atoms with Crippen LogP contribution in [0.3, 0.4) is 0 Å². The van der Waals surface area contributed by atoms with Gasteiger partial charge in [-0.2, -0.15) is 0 Å². The Balaban J connectivity index is 1.94. The number of hydrogen-bond acceptors (Lipinski definition) is 2. The van der Waals surface area contributed by atoms with E-state index in [2.05, 4.69) is 0 Å². The summed E-state index contributed by atoms with van der Waals surface area (Å²) in [5.41, 5.74) is 2.67. The third-order valence-electron chi connectivity index (χ3n) is 3.79. The fourth-order valence-corrected chi connectivity index (χ4v) is 2.59. The average molecular weight is 317 g/mol. The normalized spacial score (nSPS) is 10.2. The minimum Gasteiger partial charge on any atom is -0.497 e. The smallest absolute Gasteiger partial charge is 0.235 e. The first-order valence-corrected chi connectivity index (χ1v) is 7.84. The molecule has 3 aromatic rings. The van der Waals surface area contributed by atoms with E-state index in [0.29, 0.717) is 6.42 Å². The molecular weight excluding hydrogens is 298 g/mol. The van der Waals surface area contributed by atoms with Crippen LogP contribution in [0.15, 0.2) is 84.9 Å². The van der Waals surface area contributed by atoms with Gasteiger partial charge in [-0.05, 0) is 42.0 Å². The standard InChI is InChI=1S/C21H19NO2/c1-24-20-14-12-19(13-15-20)22(18-10-6-3-7-11-18)21(23)16-17-8-4-2-5-9-17/h2-15H,16H2,1H3. The number of carbonyl (C=O) groups excluding carboxylic acids is 1. The summed E-state index contributed by atoms with van der Waals surface area (Å²) < 4.78 is 5.21. The summed E-state index contributed by atoms with van der Waals surface area (Å²) in [6, 6.07) is 27.0. The maximum Gasteiger partial charge on any atom is 0.235 e. The Kier molecular flexibility index (Phi) is 4.92. The van der Waals surface area contributed by atoms with Gasteiger partial charge in [0.15, 0.2) is 0 Å². The van der Waals surface area contributed by atoms with E-state index in [9.17, 15) is 4.79 Å². The van der Waals surface area contributed by atoms with E-state index in [4.69, 9.17) is 4.74 Å². The molecule has 0 saturated carbocycles. The molecule has 0 aromatic heterocycles. The van der Waals surface area contributed by atoms with Crippen molar-refractivity contribution in [1.82, 2.24) is 0 Å². The molecule has 3 rings (SSSR count). The highest BCUT2D eigenvalue weighted by atomic mass is 16.5. The molecule has 120 valence electrons. The summed E-state index contributed by atoms with van der Waals surface area (Å²) >= 11 is 0. The van der Waals surface area contributed by atoms with E-state index in [1.54, 1.807) is 12.0 Å². The Morgan fingerprint density at radius 3 is 1.92 bits per heavy atom. The monoisotopic (exact) mass is 317 g/mol. The highest BCUT2D eigenvalue weighted by molar-refractivity contribution is 6.01. The van der Waals surface area contributed by atoms with Crippen LogP contribution in [-0.2, 0) is 11.2 Å². The van der Waals surface area contributed by atoms with Gasteiger partial charge in [0.2, 0.25) is 5.91 Å². The van der Waals surface area contributed by atoms with Crippen LogP contribution in [0, 0.1) is 0 Å². The van der Waals surface area contributed by atoms with E-state index in [-0.39, 0.29) is 5.91 Å². The van der Waals surface area contributed by atoms with Crippen LogP contribution in [-0.4, -0.2) is 13.0 Å². The Morgan fingerprint density at radius 2 is 1.33 bits per heavy atom. The van der Waals surface area contributed by atoms with E-state index >= 15 is 0 Å². The predicted octanol–water partition coefficient (Wildman–Crippen LogP) is 4.60. The largest absolute Gasteiger partial charge is 0.497 e. The number of nitrogens with zero attached hydrogens (tertiary/aromatic N) is 1. The molecule has 0 heterocycles. The summed E-state index contributed by atoms with van der Waals surface area (Å²) in [7, 11) is 1.63. The predicted molar refractivity (Wildman–Crippen MR) is 96.7 cm³/mol. The summed E-state index contributed by atoms with van der Waals surface area (Å²) in [5, 5.41) is 0. The van der Waals surface area contributed by atoms with Gasteiger partial charge in [-0.25, -0.2) is 0 Å². The van der Waals surface area contributed by atoms with Crippen LogP contribution in [0.2, 0.25) is 0 Å². The highest BCUT2D eigenvalue weighted by Gasteiger charge is 2.18. The van der Waals surface area contributed by atoms with Crippen LogP contribution in [0.4, 0.5) is 11.4 Å². The van der Waals surface area contributed by atoms with Crippen LogP contribution in [0.5, 0.6) is 5.75 Å². The lowest BCUT2D eigenvalue weighted by molar-refractivity contribution is -0.117. The number of hydrogen-bond donors (Lipinski definition) is 0. The van der Waals surface area contributed by atoms with Crippen molar-refractivity contribution in [3.63, 3.8) is 0 Å². The number of methoxy groups -OCH3 is 1. The second-order valence-electron chi connectivity index (χ2n) is 5.43. The molecule has 0 spiro atoms. The molecule has 0 saturated heterocycles. The lowest BCUT2D eigenvalue weighted by Crippen LogP contribution is -2.27. The SMILES string of the molecule is COc1ccc(N(C(=O)Cc2ccccc2)c2ccccc2)cc1. The fraction of sp³-hybridized carbons (Fsp3) is 0.0952. The Hall–Kier alpha value is -3.07. The number of ether oxygens (including phenoxy) is 1. The van der Waals surface area contributed by atoms with E-state index in [1.807, 2.05) is 84.9 Å². The van der Waals surface area contributed by atoms with Crippen LogP contribution in [0.1, 0.15) is 5.56 Å². The first kappa shape index (κ1) is 15.8. The molecule has 1 amide bonds. The maximum atomic E-state index is 13.0. The number of rotatable bonds is 5. The molecule has 0 N–H and O–H groups in total. The second-order valence-corrected chi connectivity index (χ2v) is 5.43. The number of anilines is 2. The quantitative estimate of drug-likeness (QED) is 0.688. The molecule has 24 heavy (non-hydrogen) atoms. The number of para-hydroxylation sites is 1. The minimum atomic E-state index is 0.0255. The molecular formula is C21H19NO2. The van der Waals surface area contributed by atoms with E-state index in [0.717, 1.165) is 22.7 Å². The fourth-order valence-electron chi connectivity index (χ4n) is 2.59. The first-order valence-electron chi connectivity index (χ1n) is 7.84. The lowest BCUT2D eigenvalue weighted by atomic mass is 10.1. The van der Waals surface area contributed by atoms with Gasteiger partial charge in [0.1, 0.15) is 5.75 Å². The molecule has 0 radical (unpaired) electrons.